The number of benzene rings is 1. The summed E-state index contributed by atoms with van der Waals surface area (Å²) in [5, 5.41) is 9.60. The van der Waals surface area contributed by atoms with Crippen molar-refractivity contribution in [2.75, 3.05) is 18.9 Å². The maximum absolute atomic E-state index is 13.0. The molecule has 0 radical (unpaired) electrons. The average molecular weight is 423 g/mol. The Bertz CT molecular complexity index is 1060. The van der Waals surface area contributed by atoms with Crippen LogP contribution in [0.25, 0.3) is 11.2 Å². The first-order valence-electron chi connectivity index (χ1n) is 8.84. The van der Waals surface area contributed by atoms with E-state index in [-0.39, 0.29) is 42.8 Å². The van der Waals surface area contributed by atoms with Gasteiger partial charge in [0.2, 0.25) is 5.95 Å². The molecular weight excluding hydrogens is 404 g/mol. The van der Waals surface area contributed by atoms with Crippen LogP contribution in [-0.4, -0.2) is 42.7 Å². The minimum absolute atomic E-state index is 0.00822. The molecule has 4 rings (SSSR count). The van der Waals surface area contributed by atoms with Crippen LogP contribution in [0.15, 0.2) is 36.8 Å². The quantitative estimate of drug-likeness (QED) is 0.485. The van der Waals surface area contributed by atoms with E-state index in [1.165, 1.54) is 18.3 Å². The molecule has 0 spiro atoms. The van der Waals surface area contributed by atoms with Crippen molar-refractivity contribution in [2.24, 2.45) is 11.8 Å². The lowest BCUT2D eigenvalue weighted by Gasteiger charge is -2.44. The lowest BCUT2D eigenvalue weighted by atomic mass is 9.70. The molecule has 0 bridgehead atoms. The number of aliphatic hydroxyl groups excluding tert-OH is 1. The predicted molar refractivity (Wildman–Crippen MR) is 100 cm³/mol. The molecule has 0 amide bonds. The van der Waals surface area contributed by atoms with Gasteiger partial charge in [0.25, 0.3) is 0 Å². The number of rotatable bonds is 7. The number of nitrogens with zero attached hydrogens (tertiary/aromatic N) is 4. The fourth-order valence-electron chi connectivity index (χ4n) is 3.47. The van der Waals surface area contributed by atoms with Crippen LogP contribution in [0.3, 0.4) is 0 Å². The normalized spacial score (nSPS) is 23.5. The Morgan fingerprint density at radius 1 is 1.31 bits per heavy atom. The number of halogens is 1. The fourth-order valence-corrected chi connectivity index (χ4v) is 4.27. The molecule has 2 heterocycles. The Hall–Kier alpha value is -2.59. The van der Waals surface area contributed by atoms with Crippen LogP contribution in [0.5, 0.6) is 5.75 Å². The summed E-state index contributed by atoms with van der Waals surface area (Å²) in [4.78, 5) is 22.3. The Balaban J connectivity index is 1.47. The molecule has 2 aromatic heterocycles. The molecule has 29 heavy (non-hydrogen) atoms. The van der Waals surface area contributed by atoms with E-state index < -0.39 is 13.6 Å². The van der Waals surface area contributed by atoms with Crippen LogP contribution >= 0.6 is 7.82 Å². The first-order valence-corrected chi connectivity index (χ1v) is 10.3. The van der Waals surface area contributed by atoms with E-state index in [1.54, 1.807) is 10.9 Å². The first kappa shape index (κ1) is 19.7. The van der Waals surface area contributed by atoms with Crippen molar-refractivity contribution in [1.82, 2.24) is 19.5 Å². The summed E-state index contributed by atoms with van der Waals surface area (Å²) in [7, 11) is -4.43. The van der Waals surface area contributed by atoms with Gasteiger partial charge in [-0.05, 0) is 36.6 Å². The summed E-state index contributed by atoms with van der Waals surface area (Å²) in [6.07, 6.45) is 3.73. The number of phosphoric ester groups is 1. The number of imidazole rings is 1. The smallest absolute Gasteiger partial charge is 0.404 e. The van der Waals surface area contributed by atoms with Crippen LogP contribution in [0.4, 0.5) is 10.3 Å². The summed E-state index contributed by atoms with van der Waals surface area (Å²) in [5.41, 5.74) is 6.77. The third-order valence-electron chi connectivity index (χ3n) is 5.03. The number of anilines is 1. The van der Waals surface area contributed by atoms with Crippen molar-refractivity contribution in [3.05, 3.63) is 42.6 Å². The molecule has 4 atom stereocenters. The van der Waals surface area contributed by atoms with Crippen molar-refractivity contribution < 1.29 is 28.0 Å². The summed E-state index contributed by atoms with van der Waals surface area (Å²) in [6.45, 7) is -0.228. The van der Waals surface area contributed by atoms with E-state index in [1.807, 2.05) is 0 Å². The molecule has 12 heteroatoms. The van der Waals surface area contributed by atoms with Gasteiger partial charge in [-0.3, -0.25) is 9.42 Å². The fraction of sp³-hybridized carbons (Fsp3) is 0.353. The summed E-state index contributed by atoms with van der Waals surface area (Å²) >= 11 is 0. The predicted octanol–water partition coefficient (Wildman–Crippen LogP) is 1.91. The molecule has 1 fully saturated rings. The number of nitrogen functional groups attached to an aromatic ring is 1. The van der Waals surface area contributed by atoms with Gasteiger partial charge in [0.05, 0.1) is 19.1 Å². The Labute approximate surface area is 164 Å². The second kappa shape index (κ2) is 7.68. The Morgan fingerprint density at radius 3 is 2.79 bits per heavy atom. The van der Waals surface area contributed by atoms with Crippen molar-refractivity contribution >= 4 is 24.9 Å². The van der Waals surface area contributed by atoms with Crippen molar-refractivity contribution in [3.8, 4) is 5.75 Å². The Morgan fingerprint density at radius 2 is 2.07 bits per heavy atom. The van der Waals surface area contributed by atoms with Gasteiger partial charge < -0.3 is 19.9 Å². The van der Waals surface area contributed by atoms with Gasteiger partial charge >= 0.3 is 7.82 Å². The SMILES string of the molecule is Nc1ncc2ncn([C@@H]3C[C@H](CO)[C@@H]3COP(=O)(O)Oc3ccc(F)cc3)c2n1. The van der Waals surface area contributed by atoms with Crippen molar-refractivity contribution in [1.29, 1.82) is 0 Å². The van der Waals surface area contributed by atoms with Gasteiger partial charge in [-0.2, -0.15) is 4.98 Å². The molecule has 1 aliphatic rings. The van der Waals surface area contributed by atoms with Crippen LogP contribution in [0, 0.1) is 17.7 Å². The molecule has 1 aliphatic carbocycles. The zero-order valence-corrected chi connectivity index (χ0v) is 16.0. The van der Waals surface area contributed by atoms with E-state index in [2.05, 4.69) is 15.0 Å². The highest BCUT2D eigenvalue weighted by Crippen LogP contribution is 2.50. The second-order valence-corrected chi connectivity index (χ2v) is 8.19. The molecule has 154 valence electrons. The highest BCUT2D eigenvalue weighted by atomic mass is 31.2. The first-order chi connectivity index (χ1) is 13.9. The third kappa shape index (κ3) is 4.08. The minimum atomic E-state index is -4.43. The van der Waals surface area contributed by atoms with Gasteiger partial charge in [0, 0.05) is 18.6 Å². The molecule has 1 saturated carbocycles. The van der Waals surface area contributed by atoms with Crippen LogP contribution in [0.2, 0.25) is 0 Å². The van der Waals surface area contributed by atoms with Crippen molar-refractivity contribution in [3.63, 3.8) is 0 Å². The summed E-state index contributed by atoms with van der Waals surface area (Å²) in [5.74, 6) is -0.772. The van der Waals surface area contributed by atoms with E-state index in [4.69, 9.17) is 14.8 Å². The van der Waals surface area contributed by atoms with Gasteiger partial charge in [-0.1, -0.05) is 0 Å². The van der Waals surface area contributed by atoms with Gasteiger partial charge in [0.15, 0.2) is 5.65 Å². The van der Waals surface area contributed by atoms with E-state index in [9.17, 15) is 19.0 Å². The van der Waals surface area contributed by atoms with Gasteiger partial charge in [-0.25, -0.2) is 18.9 Å². The zero-order chi connectivity index (χ0) is 20.6. The van der Waals surface area contributed by atoms with Crippen molar-refractivity contribution in [2.45, 2.75) is 12.5 Å². The largest absolute Gasteiger partial charge is 0.527 e. The minimum Gasteiger partial charge on any atom is -0.404 e. The molecule has 1 aromatic carbocycles. The molecule has 0 aliphatic heterocycles. The standard InChI is InChI=1S/C17H19FN5O5P/c18-11-1-3-12(4-2-11)28-29(25,26)27-8-13-10(7-24)5-15(13)23-9-21-14-6-20-17(19)22-16(14)23/h1-4,6,9-10,13,15,24H,5,7-8H2,(H,25,26)(H2,19,20,22)/t10-,13+,15-/m1/s1. The number of hydrogen-bond acceptors (Lipinski definition) is 8. The Kier molecular flexibility index (Phi) is 5.22. The van der Waals surface area contributed by atoms with Crippen LogP contribution in [-0.2, 0) is 9.09 Å². The maximum Gasteiger partial charge on any atom is 0.527 e. The molecule has 1 unspecified atom stereocenters. The number of aromatic nitrogens is 4. The zero-order valence-electron chi connectivity index (χ0n) is 15.1. The molecule has 3 aromatic rings. The highest BCUT2D eigenvalue weighted by molar-refractivity contribution is 7.47. The van der Waals surface area contributed by atoms with Crippen LogP contribution < -0.4 is 10.3 Å². The van der Waals surface area contributed by atoms with E-state index in [0.717, 1.165) is 12.1 Å². The lowest BCUT2D eigenvalue weighted by molar-refractivity contribution is -0.00476. The number of hydrogen-bond donors (Lipinski definition) is 3. The lowest BCUT2D eigenvalue weighted by Crippen LogP contribution is -2.43. The maximum atomic E-state index is 13.0. The van der Waals surface area contributed by atoms with Gasteiger partial charge in [0.1, 0.15) is 17.1 Å². The highest BCUT2D eigenvalue weighted by Gasteiger charge is 2.44. The third-order valence-corrected chi connectivity index (χ3v) is 5.95. The van der Waals surface area contributed by atoms with E-state index >= 15 is 0 Å². The molecule has 10 nitrogen and oxygen atoms in total. The molecular formula is C17H19FN5O5P. The summed E-state index contributed by atoms with van der Waals surface area (Å²) < 4.78 is 37.1. The van der Waals surface area contributed by atoms with Gasteiger partial charge in [-0.15, -0.1) is 0 Å². The van der Waals surface area contributed by atoms with Crippen LogP contribution in [0.1, 0.15) is 12.5 Å². The number of phosphoric acid groups is 1. The molecule has 4 N–H and O–H groups in total. The summed E-state index contributed by atoms with van der Waals surface area (Å²) in [6, 6.07) is 4.52. The topological polar surface area (TPSA) is 146 Å². The second-order valence-electron chi connectivity index (χ2n) is 6.81. The van der Waals surface area contributed by atoms with E-state index in [0.29, 0.717) is 17.6 Å². The number of aliphatic hydroxyl groups is 1. The average Bonchev–Trinajstić information content (AvgIpc) is 3.06. The number of fused-ring (bicyclic) bond motifs is 1. The monoisotopic (exact) mass is 423 g/mol. The molecule has 0 saturated heterocycles. The number of nitrogens with two attached hydrogens (primary N) is 1.